The number of nitrogens with zero attached hydrogens (tertiary/aromatic N) is 1. The minimum atomic E-state index is -1.18. The highest BCUT2D eigenvalue weighted by molar-refractivity contribution is 5.77. The molecule has 1 heterocycles. The predicted molar refractivity (Wildman–Crippen MR) is 95.9 cm³/mol. The predicted octanol–water partition coefficient (Wildman–Crippen LogP) is 3.62. The fraction of sp³-hybridized carbons (Fsp3) is 0.600. The lowest BCUT2D eigenvalue weighted by Gasteiger charge is -2.37. The summed E-state index contributed by atoms with van der Waals surface area (Å²) in [5, 5.41) is 0. The van der Waals surface area contributed by atoms with Crippen LogP contribution in [0.15, 0.2) is 18.2 Å². The van der Waals surface area contributed by atoms with Gasteiger partial charge >= 0.3 is 11.9 Å². The van der Waals surface area contributed by atoms with Crippen molar-refractivity contribution in [2.45, 2.75) is 51.7 Å². The largest absolute Gasteiger partial charge is 0.468 e. The highest BCUT2D eigenvalue weighted by Gasteiger charge is 2.36. The smallest absolute Gasteiger partial charge is 0.327 e. The van der Waals surface area contributed by atoms with Gasteiger partial charge in [0.15, 0.2) is 0 Å². The molecule has 0 aromatic heterocycles. The van der Waals surface area contributed by atoms with E-state index < -0.39 is 29.2 Å². The molecular formula is C20H27F2NO4. The van der Waals surface area contributed by atoms with Crippen molar-refractivity contribution in [3.63, 3.8) is 0 Å². The number of hydrogen-bond donors (Lipinski definition) is 0. The van der Waals surface area contributed by atoms with Crippen LogP contribution in [0.25, 0.3) is 0 Å². The van der Waals surface area contributed by atoms with Crippen LogP contribution in [0, 0.1) is 17.6 Å². The zero-order chi connectivity index (χ0) is 20.2. The lowest BCUT2D eigenvalue weighted by atomic mass is 9.92. The van der Waals surface area contributed by atoms with Crippen molar-refractivity contribution in [2.75, 3.05) is 20.2 Å². The molecule has 0 amide bonds. The van der Waals surface area contributed by atoms with Gasteiger partial charge in [-0.05, 0) is 58.2 Å². The first-order valence-corrected chi connectivity index (χ1v) is 9.10. The van der Waals surface area contributed by atoms with Crippen molar-refractivity contribution >= 4 is 11.9 Å². The number of rotatable bonds is 5. The zero-order valence-corrected chi connectivity index (χ0v) is 16.3. The summed E-state index contributed by atoms with van der Waals surface area (Å²) in [6, 6.07) is 2.31. The maximum absolute atomic E-state index is 14.3. The molecule has 1 aromatic carbocycles. The third kappa shape index (κ3) is 5.73. The standard InChI is InChI=1S/C20H27F2NO4/c1-20(2,3)27-16(24)11-13-7-6-10-23(12-13)18(19(25)26-4)17-14(21)8-5-9-15(17)22/h5,8-9,13,18H,6-7,10-12H2,1-4H3/t13-,18+/m0/s1. The van der Waals surface area contributed by atoms with Crippen molar-refractivity contribution in [1.82, 2.24) is 4.90 Å². The molecule has 150 valence electrons. The highest BCUT2D eigenvalue weighted by atomic mass is 19.1. The van der Waals surface area contributed by atoms with Gasteiger partial charge in [-0.2, -0.15) is 0 Å². The summed E-state index contributed by atoms with van der Waals surface area (Å²) in [5.41, 5.74) is -0.890. The molecule has 0 bridgehead atoms. The van der Waals surface area contributed by atoms with E-state index >= 15 is 0 Å². The maximum atomic E-state index is 14.3. The van der Waals surface area contributed by atoms with Crippen LogP contribution in [0.2, 0.25) is 0 Å². The Morgan fingerprint density at radius 3 is 2.44 bits per heavy atom. The van der Waals surface area contributed by atoms with Crippen LogP contribution in [-0.2, 0) is 19.1 Å². The van der Waals surface area contributed by atoms with Crippen molar-refractivity contribution < 1.29 is 27.8 Å². The summed E-state index contributed by atoms with van der Waals surface area (Å²) in [7, 11) is 1.19. The minimum Gasteiger partial charge on any atom is -0.468 e. The fourth-order valence-corrected chi connectivity index (χ4v) is 3.45. The first-order valence-electron chi connectivity index (χ1n) is 9.10. The molecule has 0 spiro atoms. The van der Waals surface area contributed by atoms with Crippen LogP contribution in [0.3, 0.4) is 0 Å². The molecule has 0 unspecified atom stereocenters. The van der Waals surface area contributed by atoms with Crippen molar-refractivity contribution in [2.24, 2.45) is 5.92 Å². The lowest BCUT2D eigenvalue weighted by molar-refractivity contribution is -0.156. The molecule has 0 N–H and O–H groups in total. The minimum absolute atomic E-state index is 0.0596. The quantitative estimate of drug-likeness (QED) is 0.727. The summed E-state index contributed by atoms with van der Waals surface area (Å²) in [6.07, 6.45) is 1.68. The van der Waals surface area contributed by atoms with Crippen LogP contribution < -0.4 is 0 Å². The summed E-state index contributed by atoms with van der Waals surface area (Å²) >= 11 is 0. The Balaban J connectivity index is 2.19. The van der Waals surface area contributed by atoms with E-state index in [2.05, 4.69) is 0 Å². The monoisotopic (exact) mass is 383 g/mol. The molecule has 0 saturated carbocycles. The van der Waals surface area contributed by atoms with Gasteiger partial charge in [-0.15, -0.1) is 0 Å². The number of halogens is 2. The Labute approximate surface area is 158 Å². The van der Waals surface area contributed by atoms with Crippen LogP contribution in [-0.4, -0.2) is 42.6 Å². The molecule has 0 radical (unpaired) electrons. The second-order valence-corrected chi connectivity index (χ2v) is 7.85. The van der Waals surface area contributed by atoms with E-state index in [9.17, 15) is 18.4 Å². The van der Waals surface area contributed by atoms with Gasteiger partial charge in [0.2, 0.25) is 0 Å². The summed E-state index contributed by atoms with van der Waals surface area (Å²) in [5.74, 6) is -2.69. The van der Waals surface area contributed by atoms with Gasteiger partial charge in [0, 0.05) is 13.0 Å². The van der Waals surface area contributed by atoms with Gasteiger partial charge in [0.05, 0.1) is 12.7 Å². The number of piperidine rings is 1. The highest BCUT2D eigenvalue weighted by Crippen LogP contribution is 2.32. The first kappa shape index (κ1) is 21.3. The van der Waals surface area contributed by atoms with Crippen LogP contribution >= 0.6 is 0 Å². The van der Waals surface area contributed by atoms with Crippen molar-refractivity contribution in [3.05, 3.63) is 35.4 Å². The van der Waals surface area contributed by atoms with Crippen LogP contribution in [0.1, 0.15) is 51.6 Å². The Hall–Kier alpha value is -2.02. The average molecular weight is 383 g/mol. The number of esters is 2. The zero-order valence-electron chi connectivity index (χ0n) is 16.3. The molecule has 1 aromatic rings. The van der Waals surface area contributed by atoms with Crippen molar-refractivity contribution in [1.29, 1.82) is 0 Å². The number of methoxy groups -OCH3 is 1. The van der Waals surface area contributed by atoms with Gasteiger partial charge in [0.1, 0.15) is 23.3 Å². The molecule has 2 rings (SSSR count). The molecule has 27 heavy (non-hydrogen) atoms. The molecule has 1 aliphatic rings. The SMILES string of the molecule is COC(=O)[C@@H](c1c(F)cccc1F)N1CCC[C@@H](CC(=O)OC(C)(C)C)C1. The Kier molecular flexibility index (Phi) is 6.92. The van der Waals surface area contributed by atoms with E-state index in [1.165, 1.54) is 13.2 Å². The van der Waals surface area contributed by atoms with Gasteiger partial charge in [0.25, 0.3) is 0 Å². The van der Waals surface area contributed by atoms with Gasteiger partial charge in [-0.25, -0.2) is 13.6 Å². The lowest BCUT2D eigenvalue weighted by Crippen LogP contribution is -2.43. The van der Waals surface area contributed by atoms with E-state index in [0.717, 1.165) is 18.6 Å². The first-order chi connectivity index (χ1) is 12.6. The fourth-order valence-electron chi connectivity index (χ4n) is 3.45. The molecule has 2 atom stereocenters. The Morgan fingerprint density at radius 1 is 1.26 bits per heavy atom. The molecular weight excluding hydrogens is 356 g/mol. The Morgan fingerprint density at radius 2 is 1.89 bits per heavy atom. The molecule has 0 aliphatic carbocycles. The topological polar surface area (TPSA) is 55.8 Å². The van der Waals surface area contributed by atoms with E-state index in [4.69, 9.17) is 9.47 Å². The van der Waals surface area contributed by atoms with E-state index in [1.807, 2.05) is 0 Å². The molecule has 1 aliphatic heterocycles. The van der Waals surface area contributed by atoms with E-state index in [1.54, 1.807) is 25.7 Å². The summed E-state index contributed by atoms with van der Waals surface area (Å²) in [4.78, 5) is 26.1. The number of hydrogen-bond acceptors (Lipinski definition) is 5. The summed E-state index contributed by atoms with van der Waals surface area (Å²) in [6.45, 7) is 6.23. The number of benzene rings is 1. The Bertz CT molecular complexity index is 667. The summed E-state index contributed by atoms with van der Waals surface area (Å²) < 4.78 is 38.8. The molecule has 1 saturated heterocycles. The van der Waals surface area contributed by atoms with Crippen LogP contribution in [0.5, 0.6) is 0 Å². The second-order valence-electron chi connectivity index (χ2n) is 7.85. The third-order valence-electron chi connectivity index (χ3n) is 4.49. The number of likely N-dealkylation sites (tertiary alicyclic amines) is 1. The normalized spacial score (nSPS) is 19.4. The van der Waals surface area contributed by atoms with E-state index in [0.29, 0.717) is 19.5 Å². The molecule has 1 fully saturated rings. The number of carbonyl (C=O) groups is 2. The van der Waals surface area contributed by atoms with Gasteiger partial charge in [-0.1, -0.05) is 6.07 Å². The number of ether oxygens (including phenoxy) is 2. The van der Waals surface area contributed by atoms with Crippen molar-refractivity contribution in [3.8, 4) is 0 Å². The molecule has 7 heteroatoms. The average Bonchev–Trinajstić information content (AvgIpc) is 2.56. The van der Waals surface area contributed by atoms with E-state index in [-0.39, 0.29) is 23.9 Å². The second kappa shape index (κ2) is 8.78. The maximum Gasteiger partial charge on any atom is 0.327 e. The van der Waals surface area contributed by atoms with Gasteiger partial charge in [-0.3, -0.25) is 9.69 Å². The van der Waals surface area contributed by atoms with Crippen LogP contribution in [0.4, 0.5) is 8.78 Å². The van der Waals surface area contributed by atoms with Gasteiger partial charge < -0.3 is 9.47 Å². The third-order valence-corrected chi connectivity index (χ3v) is 4.49. The number of carbonyl (C=O) groups excluding carboxylic acids is 2. The molecule has 5 nitrogen and oxygen atoms in total.